The van der Waals surface area contributed by atoms with Gasteiger partial charge in [-0.2, -0.15) is 5.10 Å². The Hall–Kier alpha value is -3.00. The minimum atomic E-state index is -0.258. The normalized spacial score (nSPS) is 13.6. The predicted octanol–water partition coefficient (Wildman–Crippen LogP) is 3.91. The molecule has 1 unspecified atom stereocenters. The molecule has 0 radical (unpaired) electrons. The summed E-state index contributed by atoms with van der Waals surface area (Å²) in [6.07, 6.45) is 1.75. The molecule has 1 aromatic heterocycles. The summed E-state index contributed by atoms with van der Waals surface area (Å²) in [5.74, 6) is 1.88. The fraction of sp³-hybridized carbons (Fsp3) is 0.238. The minimum absolute atomic E-state index is 0.251. The van der Waals surface area contributed by atoms with E-state index >= 15 is 0 Å². The molecule has 29 heavy (non-hydrogen) atoms. The van der Waals surface area contributed by atoms with Crippen LogP contribution in [0.1, 0.15) is 29.0 Å². The number of methoxy groups -OCH3 is 1. The van der Waals surface area contributed by atoms with Crippen molar-refractivity contribution in [3.63, 3.8) is 0 Å². The van der Waals surface area contributed by atoms with Crippen molar-refractivity contribution in [1.82, 2.24) is 15.1 Å². The van der Waals surface area contributed by atoms with Gasteiger partial charge in [-0.25, -0.2) is 4.68 Å². The number of nitrogens with one attached hydrogen (secondary N) is 1. The number of hydrogen-bond acceptors (Lipinski definition) is 5. The summed E-state index contributed by atoms with van der Waals surface area (Å²) in [7, 11) is 1.62. The number of hydrogen-bond donors (Lipinski definition) is 1. The average Bonchev–Trinajstić information content (AvgIpc) is 3.23. The molecule has 0 spiro atoms. The van der Waals surface area contributed by atoms with Crippen LogP contribution in [0.2, 0.25) is 0 Å². The quantitative estimate of drug-likeness (QED) is 0.628. The number of carbonyl (C=O) groups is 1. The van der Waals surface area contributed by atoms with E-state index in [-0.39, 0.29) is 11.9 Å². The largest absolute Gasteiger partial charge is 0.497 e. The number of nitrogens with zero attached hydrogens (tertiary/aromatic N) is 2. The molecule has 8 heteroatoms. The van der Waals surface area contributed by atoms with E-state index in [0.29, 0.717) is 30.4 Å². The van der Waals surface area contributed by atoms with Crippen molar-refractivity contribution < 1.29 is 19.0 Å². The van der Waals surface area contributed by atoms with Gasteiger partial charge in [0.15, 0.2) is 17.2 Å². The van der Waals surface area contributed by atoms with E-state index in [2.05, 4.69) is 26.3 Å². The number of ether oxygens (including phenoxy) is 3. The van der Waals surface area contributed by atoms with Gasteiger partial charge in [0.1, 0.15) is 19.0 Å². The number of carbonyl (C=O) groups excluding carboxylic acids is 1. The fourth-order valence-electron chi connectivity index (χ4n) is 3.08. The summed E-state index contributed by atoms with van der Waals surface area (Å²) in [5.41, 5.74) is 2.07. The highest BCUT2D eigenvalue weighted by atomic mass is 79.9. The number of amides is 1. The van der Waals surface area contributed by atoms with Gasteiger partial charge >= 0.3 is 0 Å². The van der Waals surface area contributed by atoms with Crippen LogP contribution >= 0.6 is 15.9 Å². The minimum Gasteiger partial charge on any atom is -0.497 e. The highest BCUT2D eigenvalue weighted by molar-refractivity contribution is 9.10. The second-order valence-corrected chi connectivity index (χ2v) is 7.41. The van der Waals surface area contributed by atoms with Crippen molar-refractivity contribution in [2.24, 2.45) is 0 Å². The second kappa shape index (κ2) is 8.16. The molecule has 7 nitrogen and oxygen atoms in total. The lowest BCUT2D eigenvalue weighted by molar-refractivity contribution is 0.0934. The molecule has 2 aromatic carbocycles. The summed E-state index contributed by atoms with van der Waals surface area (Å²) >= 11 is 3.55. The Morgan fingerprint density at radius 3 is 2.55 bits per heavy atom. The summed E-state index contributed by atoms with van der Waals surface area (Å²) in [4.78, 5) is 12.7. The SMILES string of the molecule is COc1ccc(-n2ccc(C(=O)NC(C)c3cc4c(cc3Br)OCCO4)n2)cc1. The van der Waals surface area contributed by atoms with E-state index in [4.69, 9.17) is 14.2 Å². The zero-order chi connectivity index (χ0) is 20.4. The third-order valence-electron chi connectivity index (χ3n) is 4.63. The second-order valence-electron chi connectivity index (χ2n) is 6.56. The van der Waals surface area contributed by atoms with Crippen LogP contribution in [0.4, 0.5) is 0 Å². The van der Waals surface area contributed by atoms with Crippen molar-refractivity contribution in [3.05, 3.63) is 64.4 Å². The first kappa shape index (κ1) is 19.3. The maximum Gasteiger partial charge on any atom is 0.272 e. The van der Waals surface area contributed by atoms with E-state index in [1.165, 1.54) is 0 Å². The van der Waals surface area contributed by atoms with Crippen LogP contribution < -0.4 is 19.5 Å². The summed E-state index contributed by atoms with van der Waals surface area (Å²) in [5, 5.41) is 7.36. The molecular weight excluding hydrogens is 438 g/mol. The smallest absolute Gasteiger partial charge is 0.272 e. The zero-order valence-electron chi connectivity index (χ0n) is 16.0. The molecule has 1 aliphatic rings. The van der Waals surface area contributed by atoms with Crippen molar-refractivity contribution in [3.8, 4) is 22.9 Å². The predicted molar refractivity (Wildman–Crippen MR) is 111 cm³/mol. The lowest BCUT2D eigenvalue weighted by atomic mass is 10.1. The van der Waals surface area contributed by atoms with Crippen molar-refractivity contribution >= 4 is 21.8 Å². The van der Waals surface area contributed by atoms with Gasteiger partial charge in [0.2, 0.25) is 0 Å². The van der Waals surface area contributed by atoms with Gasteiger partial charge in [-0.05, 0) is 55.0 Å². The maximum atomic E-state index is 12.7. The molecule has 1 atom stereocenters. The molecule has 4 rings (SSSR count). The molecule has 1 amide bonds. The topological polar surface area (TPSA) is 74.6 Å². The zero-order valence-corrected chi connectivity index (χ0v) is 17.6. The molecule has 0 saturated heterocycles. The standard InChI is InChI=1S/C21H20BrN3O4/c1-13(16-11-19-20(12-17(16)22)29-10-9-28-19)23-21(26)18-7-8-25(24-18)14-3-5-15(27-2)6-4-14/h3-8,11-13H,9-10H2,1-2H3,(H,23,26). The van der Waals surface area contributed by atoms with E-state index in [1.54, 1.807) is 24.1 Å². The van der Waals surface area contributed by atoms with E-state index < -0.39 is 0 Å². The Morgan fingerprint density at radius 1 is 1.17 bits per heavy atom. The van der Waals surface area contributed by atoms with Crippen LogP contribution in [0.15, 0.2) is 53.1 Å². The molecule has 0 bridgehead atoms. The molecule has 1 N–H and O–H groups in total. The summed E-state index contributed by atoms with van der Waals surface area (Å²) < 4.78 is 18.9. The highest BCUT2D eigenvalue weighted by Crippen LogP contribution is 2.37. The first-order valence-corrected chi connectivity index (χ1v) is 9.94. The van der Waals surface area contributed by atoms with Crippen molar-refractivity contribution in [2.75, 3.05) is 20.3 Å². The highest BCUT2D eigenvalue weighted by Gasteiger charge is 2.20. The Morgan fingerprint density at radius 2 is 1.86 bits per heavy atom. The van der Waals surface area contributed by atoms with Gasteiger partial charge in [0.05, 0.1) is 18.8 Å². The first-order valence-electron chi connectivity index (χ1n) is 9.15. The summed E-state index contributed by atoms with van der Waals surface area (Å²) in [6, 6.07) is 12.6. The monoisotopic (exact) mass is 457 g/mol. The molecule has 150 valence electrons. The van der Waals surface area contributed by atoms with E-state index in [0.717, 1.165) is 21.5 Å². The Kier molecular flexibility index (Phi) is 5.44. The Balaban J connectivity index is 1.49. The van der Waals surface area contributed by atoms with Crippen LogP contribution in [0.5, 0.6) is 17.2 Å². The first-order chi connectivity index (χ1) is 14.0. The van der Waals surface area contributed by atoms with Gasteiger partial charge in [-0.3, -0.25) is 4.79 Å². The Bertz CT molecular complexity index is 1030. The summed E-state index contributed by atoms with van der Waals surface area (Å²) in [6.45, 7) is 2.95. The van der Waals surface area contributed by atoms with Crippen molar-refractivity contribution in [2.45, 2.75) is 13.0 Å². The molecular formula is C21H20BrN3O4. The van der Waals surface area contributed by atoms with Gasteiger partial charge in [0.25, 0.3) is 5.91 Å². The Labute approximate surface area is 176 Å². The maximum absolute atomic E-state index is 12.7. The van der Waals surface area contributed by atoms with Gasteiger partial charge in [-0.15, -0.1) is 0 Å². The number of rotatable bonds is 5. The van der Waals surface area contributed by atoms with Crippen molar-refractivity contribution in [1.29, 1.82) is 0 Å². The van der Waals surface area contributed by atoms with Gasteiger partial charge in [-0.1, -0.05) is 15.9 Å². The lowest BCUT2D eigenvalue weighted by Crippen LogP contribution is -2.27. The van der Waals surface area contributed by atoms with Gasteiger partial charge in [0, 0.05) is 10.7 Å². The third kappa shape index (κ3) is 4.07. The number of aromatic nitrogens is 2. The third-order valence-corrected chi connectivity index (χ3v) is 5.32. The molecule has 0 fully saturated rings. The molecule has 0 aliphatic carbocycles. The number of fused-ring (bicyclic) bond motifs is 1. The van der Waals surface area contributed by atoms with E-state index in [1.807, 2.05) is 43.3 Å². The van der Waals surface area contributed by atoms with Crippen LogP contribution in [0, 0.1) is 0 Å². The molecule has 3 aromatic rings. The number of benzene rings is 2. The molecule has 1 aliphatic heterocycles. The van der Waals surface area contributed by atoms with Crippen LogP contribution in [-0.2, 0) is 0 Å². The van der Waals surface area contributed by atoms with Crippen LogP contribution in [0.3, 0.4) is 0 Å². The van der Waals surface area contributed by atoms with Crippen LogP contribution in [0.25, 0.3) is 5.69 Å². The fourth-order valence-corrected chi connectivity index (χ4v) is 3.75. The lowest BCUT2D eigenvalue weighted by Gasteiger charge is -2.22. The van der Waals surface area contributed by atoms with E-state index in [9.17, 15) is 4.79 Å². The van der Waals surface area contributed by atoms with Crippen LogP contribution in [-0.4, -0.2) is 36.0 Å². The van der Waals surface area contributed by atoms with Gasteiger partial charge < -0.3 is 19.5 Å². The average molecular weight is 458 g/mol. The molecule has 2 heterocycles. The number of halogens is 1. The molecule has 0 saturated carbocycles.